The van der Waals surface area contributed by atoms with Crippen molar-refractivity contribution in [2.75, 3.05) is 38.2 Å². The summed E-state index contributed by atoms with van der Waals surface area (Å²) in [5, 5.41) is 12.2. The number of halogens is 3. The quantitative estimate of drug-likeness (QED) is 0.330. The van der Waals surface area contributed by atoms with Crippen LogP contribution < -0.4 is 10.1 Å². The molecule has 0 aromatic heterocycles. The van der Waals surface area contributed by atoms with E-state index >= 15 is 0 Å². The molecule has 3 aromatic rings. The van der Waals surface area contributed by atoms with Gasteiger partial charge in [0.2, 0.25) is 0 Å². The zero-order valence-corrected chi connectivity index (χ0v) is 21.2. The van der Waals surface area contributed by atoms with Gasteiger partial charge >= 0.3 is 6.18 Å². The van der Waals surface area contributed by atoms with Gasteiger partial charge in [-0.25, -0.2) is 0 Å². The van der Waals surface area contributed by atoms with Crippen LogP contribution in [0.2, 0.25) is 0 Å². The summed E-state index contributed by atoms with van der Waals surface area (Å²) in [5.41, 5.74) is 0.829. The van der Waals surface area contributed by atoms with Gasteiger partial charge in [-0.2, -0.15) is 13.2 Å². The Morgan fingerprint density at radius 2 is 1.71 bits per heavy atom. The van der Waals surface area contributed by atoms with Crippen LogP contribution in [0.4, 0.5) is 18.9 Å². The van der Waals surface area contributed by atoms with Crippen molar-refractivity contribution >= 4 is 11.6 Å². The summed E-state index contributed by atoms with van der Waals surface area (Å²) in [6.07, 6.45) is -1.78. The number of aliphatic hydroxyl groups excluding tert-OH is 1. The van der Waals surface area contributed by atoms with Gasteiger partial charge in [0.25, 0.3) is 5.91 Å². The second-order valence-corrected chi connectivity index (χ2v) is 9.70. The number of likely N-dealkylation sites (tertiary alicyclic amines) is 1. The third-order valence-electron chi connectivity index (χ3n) is 6.97. The Bertz CT molecular complexity index is 1180. The fourth-order valence-electron chi connectivity index (χ4n) is 4.91. The highest BCUT2D eigenvalue weighted by Crippen LogP contribution is 2.31. The van der Waals surface area contributed by atoms with Crippen molar-refractivity contribution in [2.45, 2.75) is 31.4 Å². The molecule has 0 aliphatic carbocycles. The second kappa shape index (κ2) is 12.9. The van der Waals surface area contributed by atoms with Gasteiger partial charge in [0.05, 0.1) is 17.7 Å². The molecule has 4 rings (SSSR count). The molecule has 0 spiro atoms. The first-order chi connectivity index (χ1) is 18.3. The van der Waals surface area contributed by atoms with Crippen LogP contribution in [-0.4, -0.2) is 48.8 Å². The molecule has 0 saturated carbocycles. The SMILES string of the molecule is O=C(Nc1cccc(C(F)(F)F)c1)c1ccccc1OCC(CCO)CN1CCC(c2ccccc2)CC1. The maximum atomic E-state index is 13.0. The molecule has 3 aromatic carbocycles. The number of piperidine rings is 1. The van der Waals surface area contributed by atoms with Crippen molar-refractivity contribution < 1.29 is 27.8 Å². The number of para-hydroxylation sites is 1. The predicted octanol–water partition coefficient (Wildman–Crippen LogP) is 6.21. The number of anilines is 1. The van der Waals surface area contributed by atoms with E-state index in [2.05, 4.69) is 34.5 Å². The van der Waals surface area contributed by atoms with Gasteiger partial charge in [-0.05, 0) is 74.2 Å². The molecule has 1 unspecified atom stereocenters. The van der Waals surface area contributed by atoms with E-state index in [0.717, 1.165) is 44.6 Å². The minimum Gasteiger partial charge on any atom is -0.492 e. The lowest BCUT2D eigenvalue weighted by Gasteiger charge is -2.34. The molecule has 2 N–H and O–H groups in total. The lowest BCUT2D eigenvalue weighted by Crippen LogP contribution is -2.38. The van der Waals surface area contributed by atoms with Crippen molar-refractivity contribution in [3.63, 3.8) is 0 Å². The van der Waals surface area contributed by atoms with Gasteiger partial charge < -0.3 is 20.1 Å². The molecule has 1 fully saturated rings. The van der Waals surface area contributed by atoms with E-state index < -0.39 is 17.6 Å². The van der Waals surface area contributed by atoms with E-state index in [1.54, 1.807) is 24.3 Å². The first-order valence-electron chi connectivity index (χ1n) is 12.9. The lowest BCUT2D eigenvalue weighted by molar-refractivity contribution is -0.137. The van der Waals surface area contributed by atoms with Gasteiger partial charge in [-0.15, -0.1) is 0 Å². The van der Waals surface area contributed by atoms with Gasteiger partial charge in [-0.3, -0.25) is 4.79 Å². The fourth-order valence-corrected chi connectivity index (χ4v) is 4.91. The molecule has 1 heterocycles. The highest BCUT2D eigenvalue weighted by atomic mass is 19.4. The number of aliphatic hydroxyl groups is 1. The zero-order chi connectivity index (χ0) is 27.0. The van der Waals surface area contributed by atoms with Crippen LogP contribution in [0.1, 0.15) is 46.7 Å². The first-order valence-corrected chi connectivity index (χ1v) is 12.9. The maximum absolute atomic E-state index is 13.0. The molecule has 1 atom stereocenters. The molecular formula is C30H33F3N2O3. The van der Waals surface area contributed by atoms with E-state index in [1.165, 1.54) is 17.7 Å². The summed E-state index contributed by atoms with van der Waals surface area (Å²) in [4.78, 5) is 15.3. The summed E-state index contributed by atoms with van der Waals surface area (Å²) in [5.74, 6) is 0.416. The Hall–Kier alpha value is -3.36. The molecule has 1 aliphatic rings. The standard InChI is InChI=1S/C30H33F3N2O3/c31-30(32,33)25-9-6-10-26(19-25)34-29(37)27-11-4-5-12-28(27)38-21-22(15-18-36)20-35-16-13-24(14-17-35)23-7-2-1-3-8-23/h1-12,19,22,24,36H,13-18,20-21H2,(H,34,37). The van der Waals surface area contributed by atoms with Crippen LogP contribution in [0, 0.1) is 5.92 Å². The summed E-state index contributed by atoms with van der Waals surface area (Å²) < 4.78 is 45.2. The normalized spacial score (nSPS) is 15.7. The average Bonchev–Trinajstić information content (AvgIpc) is 2.92. The molecular weight excluding hydrogens is 493 g/mol. The van der Waals surface area contributed by atoms with Gasteiger partial charge in [0.15, 0.2) is 0 Å². The summed E-state index contributed by atoms with van der Waals surface area (Å²) in [7, 11) is 0. The monoisotopic (exact) mass is 526 g/mol. The number of nitrogens with one attached hydrogen (secondary N) is 1. The van der Waals surface area contributed by atoms with E-state index in [0.29, 0.717) is 24.7 Å². The number of nitrogens with zero attached hydrogens (tertiary/aromatic N) is 1. The van der Waals surface area contributed by atoms with Crippen molar-refractivity contribution in [3.8, 4) is 5.75 Å². The molecule has 8 heteroatoms. The topological polar surface area (TPSA) is 61.8 Å². The summed E-state index contributed by atoms with van der Waals surface area (Å²) >= 11 is 0. The number of carbonyl (C=O) groups excluding carboxylic acids is 1. The van der Waals surface area contributed by atoms with E-state index in [9.17, 15) is 23.1 Å². The lowest BCUT2D eigenvalue weighted by atomic mass is 9.89. The molecule has 38 heavy (non-hydrogen) atoms. The number of rotatable bonds is 10. The maximum Gasteiger partial charge on any atom is 0.416 e. The number of alkyl halides is 3. The number of ether oxygens (including phenoxy) is 1. The Labute approximate surface area is 221 Å². The van der Waals surface area contributed by atoms with E-state index in [1.807, 2.05) is 6.07 Å². The highest BCUT2D eigenvalue weighted by Gasteiger charge is 2.30. The van der Waals surface area contributed by atoms with Crippen LogP contribution >= 0.6 is 0 Å². The molecule has 1 aliphatic heterocycles. The largest absolute Gasteiger partial charge is 0.492 e. The number of hydrogen-bond acceptors (Lipinski definition) is 4. The van der Waals surface area contributed by atoms with Crippen LogP contribution in [0.5, 0.6) is 5.75 Å². The van der Waals surface area contributed by atoms with Crippen LogP contribution in [0.25, 0.3) is 0 Å². The number of carbonyl (C=O) groups is 1. The zero-order valence-electron chi connectivity index (χ0n) is 21.2. The number of benzene rings is 3. The Kier molecular flexibility index (Phi) is 9.42. The van der Waals surface area contributed by atoms with Crippen LogP contribution in [-0.2, 0) is 6.18 Å². The van der Waals surface area contributed by atoms with Gasteiger partial charge in [0.1, 0.15) is 5.75 Å². The van der Waals surface area contributed by atoms with Crippen LogP contribution in [0.3, 0.4) is 0 Å². The summed E-state index contributed by atoms with van der Waals surface area (Å²) in [6, 6.07) is 21.7. The fraction of sp³-hybridized carbons (Fsp3) is 0.367. The predicted molar refractivity (Wildman–Crippen MR) is 141 cm³/mol. The van der Waals surface area contributed by atoms with Gasteiger partial charge in [0, 0.05) is 24.8 Å². The molecule has 0 radical (unpaired) electrons. The molecule has 1 saturated heterocycles. The third-order valence-corrected chi connectivity index (χ3v) is 6.97. The van der Waals surface area contributed by atoms with Crippen LogP contribution in [0.15, 0.2) is 78.9 Å². The minimum atomic E-state index is -4.50. The molecule has 0 bridgehead atoms. The molecule has 202 valence electrons. The highest BCUT2D eigenvalue weighted by molar-refractivity contribution is 6.06. The number of amides is 1. The van der Waals surface area contributed by atoms with Crippen molar-refractivity contribution in [1.29, 1.82) is 0 Å². The van der Waals surface area contributed by atoms with E-state index in [4.69, 9.17) is 4.74 Å². The van der Waals surface area contributed by atoms with E-state index in [-0.39, 0.29) is 23.8 Å². The van der Waals surface area contributed by atoms with Crippen molar-refractivity contribution in [2.24, 2.45) is 5.92 Å². The first kappa shape index (κ1) is 27.7. The minimum absolute atomic E-state index is 0.0339. The molecule has 5 nitrogen and oxygen atoms in total. The average molecular weight is 527 g/mol. The Morgan fingerprint density at radius 3 is 2.42 bits per heavy atom. The third kappa shape index (κ3) is 7.58. The van der Waals surface area contributed by atoms with Gasteiger partial charge in [-0.1, -0.05) is 48.5 Å². The molecule has 1 amide bonds. The number of hydrogen-bond donors (Lipinski definition) is 2. The van der Waals surface area contributed by atoms with Crippen molar-refractivity contribution in [1.82, 2.24) is 4.90 Å². The Balaban J connectivity index is 1.35. The Morgan fingerprint density at radius 1 is 1.00 bits per heavy atom. The second-order valence-electron chi connectivity index (χ2n) is 9.70. The van der Waals surface area contributed by atoms with Crippen molar-refractivity contribution in [3.05, 3.63) is 95.6 Å². The smallest absolute Gasteiger partial charge is 0.416 e. The summed E-state index contributed by atoms with van der Waals surface area (Å²) in [6.45, 7) is 3.06.